The van der Waals surface area contributed by atoms with Crippen molar-refractivity contribution in [2.24, 2.45) is 5.92 Å². The van der Waals surface area contributed by atoms with E-state index < -0.39 is 14.2 Å². The molecule has 0 spiro atoms. The number of aliphatic hydroxyl groups is 1. The molecule has 1 unspecified atom stereocenters. The third-order valence-electron chi connectivity index (χ3n) is 7.50. The predicted molar refractivity (Wildman–Crippen MR) is 156 cm³/mol. The van der Waals surface area contributed by atoms with Gasteiger partial charge in [0.05, 0.1) is 31.1 Å². The van der Waals surface area contributed by atoms with Gasteiger partial charge in [-0.2, -0.15) is 5.10 Å². The summed E-state index contributed by atoms with van der Waals surface area (Å²) < 4.78 is 20.0. The first kappa shape index (κ1) is 29.1. The van der Waals surface area contributed by atoms with Gasteiger partial charge in [-0.05, 0) is 73.3 Å². The van der Waals surface area contributed by atoms with E-state index in [4.69, 9.17) is 25.5 Å². The molecule has 4 rings (SSSR count). The molecule has 2 aromatic carbocycles. The summed E-state index contributed by atoms with van der Waals surface area (Å²) in [5.74, 6) is 1.23. The molecule has 3 aromatic rings. The predicted octanol–water partition coefficient (Wildman–Crippen LogP) is 6.46. The highest BCUT2D eigenvalue weighted by Crippen LogP contribution is 2.42. The number of ether oxygens (including phenoxy) is 2. The molecule has 39 heavy (non-hydrogen) atoms. The molecule has 0 radical (unpaired) electrons. The number of carbonyl (C=O) groups excluding carboxylic acids is 1. The molecule has 1 amide bonds. The van der Waals surface area contributed by atoms with Crippen LogP contribution >= 0.6 is 11.6 Å². The molecular weight excluding hydrogens is 534 g/mol. The van der Waals surface area contributed by atoms with E-state index in [0.29, 0.717) is 34.7 Å². The number of anilines is 1. The van der Waals surface area contributed by atoms with E-state index in [0.717, 1.165) is 18.5 Å². The summed E-state index contributed by atoms with van der Waals surface area (Å²) >= 11 is 5.98. The normalized spacial score (nSPS) is 14.7. The fourth-order valence-electron chi connectivity index (χ4n) is 3.97. The van der Waals surface area contributed by atoms with Gasteiger partial charge in [-0.3, -0.25) is 4.79 Å². The van der Waals surface area contributed by atoms with E-state index in [1.165, 1.54) is 4.68 Å². The molecule has 1 aliphatic carbocycles. The maximum Gasteiger partial charge on any atom is 0.259 e. The summed E-state index contributed by atoms with van der Waals surface area (Å²) in [6, 6.07) is 12.3. The van der Waals surface area contributed by atoms with Crippen LogP contribution in [-0.4, -0.2) is 48.9 Å². The van der Waals surface area contributed by atoms with Crippen molar-refractivity contribution in [3.63, 3.8) is 0 Å². The molecular formula is C29H38ClN3O5Si. The minimum absolute atomic E-state index is 0.0454. The van der Waals surface area contributed by atoms with Crippen molar-refractivity contribution >= 4 is 31.5 Å². The summed E-state index contributed by atoms with van der Waals surface area (Å²) in [5.41, 5.74) is 1.78. The van der Waals surface area contributed by atoms with Crippen LogP contribution in [0, 0.1) is 5.92 Å². The van der Waals surface area contributed by atoms with E-state index in [2.05, 4.69) is 44.3 Å². The minimum Gasteiger partial charge on any atom is -0.493 e. The lowest BCUT2D eigenvalue weighted by atomic mass is 10.2. The minimum atomic E-state index is -1.93. The quantitative estimate of drug-likeness (QED) is 0.257. The summed E-state index contributed by atoms with van der Waals surface area (Å²) in [5, 5.41) is 17.7. The van der Waals surface area contributed by atoms with Crippen LogP contribution in [-0.2, 0) is 11.0 Å². The van der Waals surface area contributed by atoms with Gasteiger partial charge in [-0.25, -0.2) is 4.68 Å². The Balaban J connectivity index is 1.45. The van der Waals surface area contributed by atoms with Gasteiger partial charge in [0.15, 0.2) is 19.8 Å². The van der Waals surface area contributed by atoms with Crippen LogP contribution in [0.25, 0.3) is 5.69 Å². The molecule has 1 atom stereocenters. The van der Waals surface area contributed by atoms with Gasteiger partial charge in [-0.1, -0.05) is 32.4 Å². The Morgan fingerprint density at radius 2 is 1.87 bits per heavy atom. The average Bonchev–Trinajstić information content (AvgIpc) is 3.64. The molecule has 0 aliphatic heterocycles. The first-order chi connectivity index (χ1) is 18.4. The highest BCUT2D eigenvalue weighted by molar-refractivity contribution is 6.74. The maximum absolute atomic E-state index is 13.1. The fourth-order valence-corrected chi connectivity index (χ4v) is 5.46. The third kappa shape index (κ3) is 7.02. The smallest absolute Gasteiger partial charge is 0.259 e. The van der Waals surface area contributed by atoms with Crippen molar-refractivity contribution in [1.82, 2.24) is 9.78 Å². The van der Waals surface area contributed by atoms with Gasteiger partial charge in [-0.15, -0.1) is 0 Å². The third-order valence-corrected chi connectivity index (χ3v) is 12.3. The molecule has 2 N–H and O–H groups in total. The van der Waals surface area contributed by atoms with Crippen LogP contribution in [0.1, 0.15) is 49.7 Å². The molecule has 8 nitrogen and oxygen atoms in total. The van der Waals surface area contributed by atoms with Crippen LogP contribution in [0.3, 0.4) is 0 Å². The molecule has 1 saturated carbocycles. The number of amides is 1. The summed E-state index contributed by atoms with van der Waals surface area (Å²) in [4.78, 5) is 13.1. The Labute approximate surface area is 236 Å². The zero-order chi connectivity index (χ0) is 28.4. The Kier molecular flexibility index (Phi) is 8.75. The second-order valence-electron chi connectivity index (χ2n) is 11.5. The van der Waals surface area contributed by atoms with Gasteiger partial charge in [0.25, 0.3) is 5.91 Å². The number of methoxy groups -OCH3 is 1. The van der Waals surface area contributed by atoms with E-state index >= 15 is 0 Å². The molecule has 1 fully saturated rings. The average molecular weight is 572 g/mol. The number of aromatic nitrogens is 2. The highest BCUT2D eigenvalue weighted by Gasteiger charge is 2.43. The Morgan fingerprint density at radius 3 is 2.46 bits per heavy atom. The highest BCUT2D eigenvalue weighted by atomic mass is 35.5. The van der Waals surface area contributed by atoms with Gasteiger partial charge in [0.1, 0.15) is 12.3 Å². The number of nitrogens with zero attached hydrogens (tertiary/aromatic N) is 2. The van der Waals surface area contributed by atoms with E-state index in [1.54, 1.807) is 55.8 Å². The number of hydrogen-bond donors (Lipinski definition) is 2. The first-order valence-corrected chi connectivity index (χ1v) is 16.5. The Morgan fingerprint density at radius 1 is 1.18 bits per heavy atom. The SMILES string of the molecule is COc1cc(NC(=O)c2cn(-c3ccc(Cl)cc3)nc2CO)ccc1OCC(O[Si](C)(C)C(C)(C)C)C1CC1. The molecule has 1 heterocycles. The summed E-state index contributed by atoms with van der Waals surface area (Å²) in [7, 11) is -0.362. The number of carbonyl (C=O) groups is 1. The van der Waals surface area contributed by atoms with Crippen molar-refractivity contribution in [3.8, 4) is 17.2 Å². The number of rotatable bonds is 11. The van der Waals surface area contributed by atoms with Crippen molar-refractivity contribution in [2.75, 3.05) is 19.0 Å². The van der Waals surface area contributed by atoms with Gasteiger partial charge in [0.2, 0.25) is 0 Å². The lowest BCUT2D eigenvalue weighted by Gasteiger charge is -2.39. The number of halogens is 1. The van der Waals surface area contributed by atoms with Crippen LogP contribution < -0.4 is 14.8 Å². The van der Waals surface area contributed by atoms with Gasteiger partial charge >= 0.3 is 0 Å². The number of hydrogen-bond acceptors (Lipinski definition) is 6. The number of benzene rings is 2. The van der Waals surface area contributed by atoms with E-state index in [1.807, 2.05) is 0 Å². The molecule has 1 aliphatic rings. The van der Waals surface area contributed by atoms with Crippen LogP contribution in [0.2, 0.25) is 23.2 Å². The molecule has 210 valence electrons. The van der Waals surface area contributed by atoms with Gasteiger partial charge < -0.3 is 24.3 Å². The summed E-state index contributed by atoms with van der Waals surface area (Å²) in [6.07, 6.45) is 3.95. The van der Waals surface area contributed by atoms with Crippen LogP contribution in [0.15, 0.2) is 48.7 Å². The second-order valence-corrected chi connectivity index (χ2v) is 16.6. The second kappa shape index (κ2) is 11.7. The summed E-state index contributed by atoms with van der Waals surface area (Å²) in [6.45, 7) is 11.3. The first-order valence-electron chi connectivity index (χ1n) is 13.2. The van der Waals surface area contributed by atoms with E-state index in [9.17, 15) is 9.90 Å². The lowest BCUT2D eigenvalue weighted by Crippen LogP contribution is -2.46. The van der Waals surface area contributed by atoms with Crippen molar-refractivity contribution < 1.29 is 23.8 Å². The zero-order valence-electron chi connectivity index (χ0n) is 23.5. The molecule has 1 aromatic heterocycles. The van der Waals surface area contributed by atoms with Crippen LogP contribution in [0.4, 0.5) is 5.69 Å². The maximum atomic E-state index is 13.1. The molecule has 10 heteroatoms. The fraction of sp³-hybridized carbons (Fsp3) is 0.448. The number of aliphatic hydroxyl groups excluding tert-OH is 1. The molecule has 0 bridgehead atoms. The zero-order valence-corrected chi connectivity index (χ0v) is 25.2. The Bertz CT molecular complexity index is 1300. The number of nitrogens with one attached hydrogen (secondary N) is 1. The topological polar surface area (TPSA) is 94.8 Å². The Hall–Kier alpha value is -2.85. The largest absolute Gasteiger partial charge is 0.493 e. The molecule has 0 saturated heterocycles. The van der Waals surface area contributed by atoms with Crippen molar-refractivity contribution in [2.45, 2.75) is 64.5 Å². The lowest BCUT2D eigenvalue weighted by molar-refractivity contribution is 0.0959. The van der Waals surface area contributed by atoms with Crippen LogP contribution in [0.5, 0.6) is 11.5 Å². The monoisotopic (exact) mass is 571 g/mol. The van der Waals surface area contributed by atoms with E-state index in [-0.39, 0.29) is 29.0 Å². The standard InChI is InChI=1S/C29H38ClN3O5Si/c1-29(2,3)39(5,6)38-27(19-7-8-19)18-37-25-14-11-21(15-26(25)36-4)31-28(35)23-16-33(32-24(23)17-34)22-12-9-20(30)10-13-22/h9-16,19,27,34H,7-8,17-18H2,1-6H3,(H,31,35). The van der Waals surface area contributed by atoms with Gasteiger partial charge in [0, 0.05) is 23.0 Å². The van der Waals surface area contributed by atoms with Crippen molar-refractivity contribution in [3.05, 3.63) is 64.9 Å². The van der Waals surface area contributed by atoms with Crippen molar-refractivity contribution in [1.29, 1.82) is 0 Å².